The first-order chi connectivity index (χ1) is 14.1. The van der Waals surface area contributed by atoms with Gasteiger partial charge in [-0.05, 0) is 48.0 Å². The zero-order valence-electron chi connectivity index (χ0n) is 16.0. The number of methoxy groups -OCH3 is 1. The molecule has 0 aliphatic rings. The second-order valence-corrected chi connectivity index (χ2v) is 6.47. The van der Waals surface area contributed by atoms with Crippen molar-refractivity contribution in [2.45, 2.75) is 6.18 Å². The number of hydrogen-bond acceptors (Lipinski definition) is 4. The van der Waals surface area contributed by atoms with Crippen LogP contribution in [0.4, 0.5) is 18.9 Å². The van der Waals surface area contributed by atoms with E-state index in [0.29, 0.717) is 16.3 Å². The fourth-order valence-corrected chi connectivity index (χ4v) is 2.64. The lowest BCUT2D eigenvalue weighted by molar-refractivity contribution is -0.137. The van der Waals surface area contributed by atoms with Crippen molar-refractivity contribution in [3.63, 3.8) is 0 Å². The van der Waals surface area contributed by atoms with Crippen molar-refractivity contribution in [2.24, 2.45) is 10.7 Å². The number of carbonyl (C=O) groups excluding carboxylic acids is 1. The molecule has 1 amide bonds. The van der Waals surface area contributed by atoms with Gasteiger partial charge in [0, 0.05) is 24.0 Å². The van der Waals surface area contributed by atoms with E-state index in [4.69, 9.17) is 22.1 Å². The van der Waals surface area contributed by atoms with Gasteiger partial charge in [-0.15, -0.1) is 0 Å². The third-order valence-corrected chi connectivity index (χ3v) is 4.10. The van der Waals surface area contributed by atoms with Crippen LogP contribution >= 0.6 is 11.6 Å². The summed E-state index contributed by atoms with van der Waals surface area (Å²) >= 11 is 5.93. The fraction of sp³-hybridized carbons (Fsp3) is 0.143. The number of benzene rings is 2. The van der Waals surface area contributed by atoms with E-state index in [1.54, 1.807) is 24.3 Å². The topological polar surface area (TPSA) is 67.9 Å². The molecule has 30 heavy (non-hydrogen) atoms. The van der Waals surface area contributed by atoms with Crippen LogP contribution in [-0.4, -0.2) is 25.8 Å². The first kappa shape index (κ1) is 23.2. The van der Waals surface area contributed by atoms with Gasteiger partial charge in [-0.2, -0.15) is 13.2 Å². The lowest BCUT2D eigenvalue weighted by Crippen LogP contribution is -2.32. The highest BCUT2D eigenvalue weighted by molar-refractivity contribution is 6.30. The van der Waals surface area contributed by atoms with Crippen molar-refractivity contribution in [1.29, 1.82) is 0 Å². The number of alkyl halides is 3. The van der Waals surface area contributed by atoms with Crippen LogP contribution in [0.5, 0.6) is 0 Å². The molecule has 0 atom stereocenters. The number of nitrogens with two attached hydrogens (primary N) is 1. The molecule has 2 rings (SSSR count). The van der Waals surface area contributed by atoms with Crippen molar-refractivity contribution in [2.75, 3.05) is 18.6 Å². The highest BCUT2D eigenvalue weighted by atomic mass is 35.5. The number of hydrogen-bond donors (Lipinski definition) is 1. The van der Waals surface area contributed by atoms with E-state index >= 15 is 0 Å². The standard InChI is InChI=1S/C21H19ClF3N3O2/c1-14(27-11-10-19(26)15-4-3-5-17(22)12-15)28(20(29)13-30-2)18-8-6-16(7-9-18)21(23,24)25/h3-12H,1,13,26H2,2H3/b19-10-,27-11-. The summed E-state index contributed by atoms with van der Waals surface area (Å²) < 4.78 is 43.2. The molecule has 2 aromatic carbocycles. The van der Waals surface area contributed by atoms with Gasteiger partial charge in [0.25, 0.3) is 5.91 Å². The van der Waals surface area contributed by atoms with Crippen LogP contribution in [0.25, 0.3) is 5.70 Å². The van der Waals surface area contributed by atoms with Crippen molar-refractivity contribution in [3.05, 3.63) is 83.2 Å². The number of aliphatic imine (C=N–C) groups is 1. The molecule has 0 saturated heterocycles. The summed E-state index contributed by atoms with van der Waals surface area (Å²) in [6.07, 6.45) is -1.67. The van der Waals surface area contributed by atoms with Crippen LogP contribution in [0.2, 0.25) is 5.02 Å². The van der Waals surface area contributed by atoms with E-state index in [9.17, 15) is 18.0 Å². The van der Waals surface area contributed by atoms with Gasteiger partial charge in [-0.3, -0.25) is 9.69 Å². The number of rotatable bonds is 7. The SMILES string of the molecule is C=C(/N=C\C=C(/N)c1cccc(Cl)c1)N(C(=O)COC)c1ccc(C(F)(F)F)cc1. The van der Waals surface area contributed by atoms with Gasteiger partial charge in [0.1, 0.15) is 12.4 Å². The summed E-state index contributed by atoms with van der Waals surface area (Å²) in [5.74, 6) is -0.571. The first-order valence-corrected chi connectivity index (χ1v) is 8.95. The number of nitrogens with zero attached hydrogens (tertiary/aromatic N) is 2. The van der Waals surface area contributed by atoms with Crippen molar-refractivity contribution >= 4 is 35.1 Å². The highest BCUT2D eigenvalue weighted by Gasteiger charge is 2.30. The lowest BCUT2D eigenvalue weighted by atomic mass is 10.1. The predicted octanol–water partition coefficient (Wildman–Crippen LogP) is 4.88. The van der Waals surface area contributed by atoms with Gasteiger partial charge in [0.2, 0.25) is 0 Å². The minimum atomic E-state index is -4.49. The number of halogens is 4. The summed E-state index contributed by atoms with van der Waals surface area (Å²) in [4.78, 5) is 17.6. The Morgan fingerprint density at radius 1 is 1.27 bits per heavy atom. The molecule has 9 heteroatoms. The Balaban J connectivity index is 2.26. The van der Waals surface area contributed by atoms with E-state index in [0.717, 1.165) is 29.2 Å². The molecule has 0 bridgehead atoms. The summed E-state index contributed by atoms with van der Waals surface area (Å²) in [5.41, 5.74) is 6.36. The quantitative estimate of drug-likeness (QED) is 0.628. The molecule has 158 valence electrons. The van der Waals surface area contributed by atoms with E-state index in [-0.39, 0.29) is 18.1 Å². The lowest BCUT2D eigenvalue weighted by Gasteiger charge is -2.22. The summed E-state index contributed by atoms with van der Waals surface area (Å²) in [6, 6.07) is 10.9. The molecule has 0 aromatic heterocycles. The zero-order valence-corrected chi connectivity index (χ0v) is 16.7. The van der Waals surface area contributed by atoms with E-state index in [1.165, 1.54) is 19.4 Å². The molecule has 0 unspecified atom stereocenters. The minimum absolute atomic E-state index is 0.0213. The van der Waals surface area contributed by atoms with E-state index < -0.39 is 17.6 Å². The van der Waals surface area contributed by atoms with Crippen molar-refractivity contribution in [1.82, 2.24) is 0 Å². The van der Waals surface area contributed by atoms with Gasteiger partial charge in [0.05, 0.1) is 11.3 Å². The summed E-state index contributed by atoms with van der Waals surface area (Å²) in [7, 11) is 1.32. The maximum Gasteiger partial charge on any atom is 0.416 e. The molecule has 5 nitrogen and oxygen atoms in total. The number of allylic oxidation sites excluding steroid dienone is 1. The van der Waals surface area contributed by atoms with Gasteiger partial charge in [-0.1, -0.05) is 30.3 Å². The Bertz CT molecular complexity index is 970. The fourth-order valence-electron chi connectivity index (χ4n) is 2.45. The van der Waals surface area contributed by atoms with E-state index in [2.05, 4.69) is 11.6 Å². The smallest absolute Gasteiger partial charge is 0.398 e. The second kappa shape index (κ2) is 10.1. The Morgan fingerprint density at radius 3 is 2.50 bits per heavy atom. The molecule has 0 aliphatic carbocycles. The number of anilines is 1. The van der Waals surface area contributed by atoms with Crippen molar-refractivity contribution < 1.29 is 22.7 Å². The molecule has 0 heterocycles. The molecule has 2 N–H and O–H groups in total. The Hall–Kier alpha value is -3.10. The molecule has 0 radical (unpaired) electrons. The third kappa shape index (κ3) is 6.20. The molecular weight excluding hydrogens is 419 g/mol. The Kier molecular flexibility index (Phi) is 7.79. The van der Waals surface area contributed by atoms with Crippen LogP contribution in [0.15, 0.2) is 72.0 Å². The van der Waals surface area contributed by atoms with Crippen LogP contribution in [-0.2, 0) is 15.7 Å². The molecule has 2 aromatic rings. The minimum Gasteiger partial charge on any atom is -0.398 e. The van der Waals surface area contributed by atoms with Gasteiger partial charge >= 0.3 is 6.18 Å². The zero-order chi connectivity index (χ0) is 22.3. The monoisotopic (exact) mass is 437 g/mol. The average molecular weight is 438 g/mol. The van der Waals surface area contributed by atoms with Crippen LogP contribution in [0, 0.1) is 0 Å². The maximum absolute atomic E-state index is 12.8. The molecular formula is C21H19ClF3N3O2. The average Bonchev–Trinajstić information content (AvgIpc) is 2.68. The predicted molar refractivity (Wildman–Crippen MR) is 112 cm³/mol. The maximum atomic E-state index is 12.8. The van der Waals surface area contributed by atoms with Gasteiger partial charge in [0.15, 0.2) is 0 Å². The molecule has 0 spiro atoms. The van der Waals surface area contributed by atoms with E-state index in [1.807, 2.05) is 0 Å². The normalized spacial score (nSPS) is 12.2. The third-order valence-electron chi connectivity index (χ3n) is 3.86. The molecule has 0 saturated carbocycles. The highest BCUT2D eigenvalue weighted by Crippen LogP contribution is 2.31. The van der Waals surface area contributed by atoms with Crippen LogP contribution < -0.4 is 10.6 Å². The summed E-state index contributed by atoms with van der Waals surface area (Å²) in [5, 5.41) is 0.517. The van der Waals surface area contributed by atoms with Crippen LogP contribution in [0.1, 0.15) is 11.1 Å². The molecule has 0 fully saturated rings. The largest absolute Gasteiger partial charge is 0.416 e. The van der Waals surface area contributed by atoms with Gasteiger partial charge < -0.3 is 10.5 Å². The Labute approximate surface area is 176 Å². The Morgan fingerprint density at radius 2 is 1.93 bits per heavy atom. The van der Waals surface area contributed by atoms with Crippen LogP contribution in [0.3, 0.4) is 0 Å². The second-order valence-electron chi connectivity index (χ2n) is 6.03. The number of carbonyl (C=O) groups is 1. The number of ether oxygens (including phenoxy) is 1. The summed E-state index contributed by atoms with van der Waals surface area (Å²) in [6.45, 7) is 3.42. The number of amides is 1. The first-order valence-electron chi connectivity index (χ1n) is 8.57. The molecule has 0 aliphatic heterocycles. The van der Waals surface area contributed by atoms with Crippen molar-refractivity contribution in [3.8, 4) is 0 Å². The van der Waals surface area contributed by atoms with Gasteiger partial charge in [-0.25, -0.2) is 4.99 Å².